The van der Waals surface area contributed by atoms with Crippen molar-refractivity contribution >= 4 is 33.9 Å². The van der Waals surface area contributed by atoms with E-state index in [1.54, 1.807) is 21.3 Å². The number of nitrogens with one attached hydrogen (secondary N) is 3. The van der Waals surface area contributed by atoms with Crippen LogP contribution in [0.15, 0.2) is 36.5 Å². The molecule has 1 heterocycles. The molecule has 0 fully saturated rings. The first kappa shape index (κ1) is 19.8. The Labute approximate surface area is 170 Å². The molecule has 3 N–H and O–H groups in total. The standard InChI is InChI=1S/C21H25N3O3S/c1-13-5-6-17-16(9-13)14(12-23-17)7-8-22-21(28)24-15-10-18(25-2)20(27-4)19(11-15)26-3/h5-6,9-12,23H,7-8H2,1-4H3,(H2,22,24,28). The van der Waals surface area contributed by atoms with Gasteiger partial charge in [0.05, 0.1) is 21.3 Å². The highest BCUT2D eigenvalue weighted by Crippen LogP contribution is 2.39. The minimum absolute atomic E-state index is 0.533. The maximum atomic E-state index is 5.42. The van der Waals surface area contributed by atoms with Gasteiger partial charge in [0.15, 0.2) is 16.6 Å². The zero-order valence-corrected chi connectivity index (χ0v) is 17.3. The number of hydrogen-bond donors (Lipinski definition) is 3. The molecule has 0 atom stereocenters. The molecule has 1 aromatic heterocycles. The molecule has 0 aliphatic rings. The van der Waals surface area contributed by atoms with Crippen LogP contribution in [0.2, 0.25) is 0 Å². The fourth-order valence-electron chi connectivity index (χ4n) is 3.14. The fraction of sp³-hybridized carbons (Fsp3) is 0.286. The van der Waals surface area contributed by atoms with Gasteiger partial charge in [-0.05, 0) is 43.3 Å². The molecule has 3 rings (SSSR count). The molecule has 0 radical (unpaired) electrons. The van der Waals surface area contributed by atoms with Gasteiger partial charge in [-0.2, -0.15) is 0 Å². The van der Waals surface area contributed by atoms with Crippen LogP contribution in [-0.4, -0.2) is 38.0 Å². The fourth-order valence-corrected chi connectivity index (χ4v) is 3.36. The largest absolute Gasteiger partial charge is 0.493 e. The van der Waals surface area contributed by atoms with E-state index >= 15 is 0 Å². The lowest BCUT2D eigenvalue weighted by Crippen LogP contribution is -2.30. The second-order valence-corrected chi connectivity index (χ2v) is 6.82. The summed E-state index contributed by atoms with van der Waals surface area (Å²) in [6.45, 7) is 2.82. The third-order valence-electron chi connectivity index (χ3n) is 4.53. The topological polar surface area (TPSA) is 67.5 Å². The summed E-state index contributed by atoms with van der Waals surface area (Å²) in [5, 5.41) is 8.20. The lowest BCUT2D eigenvalue weighted by Gasteiger charge is -2.16. The van der Waals surface area contributed by atoms with E-state index in [0.717, 1.165) is 24.2 Å². The van der Waals surface area contributed by atoms with E-state index in [0.29, 0.717) is 22.4 Å². The third kappa shape index (κ3) is 4.31. The van der Waals surface area contributed by atoms with Gasteiger partial charge in [0.25, 0.3) is 0 Å². The number of fused-ring (bicyclic) bond motifs is 1. The van der Waals surface area contributed by atoms with Gasteiger partial charge in [0.1, 0.15) is 0 Å². The van der Waals surface area contributed by atoms with E-state index in [2.05, 4.69) is 46.9 Å². The first-order valence-electron chi connectivity index (χ1n) is 8.97. The monoisotopic (exact) mass is 399 g/mol. The molecule has 2 aromatic carbocycles. The Morgan fingerprint density at radius 2 is 1.75 bits per heavy atom. The van der Waals surface area contributed by atoms with Crippen LogP contribution in [-0.2, 0) is 6.42 Å². The van der Waals surface area contributed by atoms with Gasteiger partial charge in [-0.1, -0.05) is 11.6 Å². The number of ether oxygens (including phenoxy) is 3. The van der Waals surface area contributed by atoms with Gasteiger partial charge in [-0.25, -0.2) is 0 Å². The quantitative estimate of drug-likeness (QED) is 0.521. The minimum atomic E-state index is 0.533. The van der Waals surface area contributed by atoms with Crippen LogP contribution in [0, 0.1) is 6.92 Å². The van der Waals surface area contributed by atoms with Crippen molar-refractivity contribution in [2.45, 2.75) is 13.3 Å². The van der Waals surface area contributed by atoms with E-state index in [1.807, 2.05) is 12.1 Å². The molecule has 0 saturated heterocycles. The number of aromatic nitrogens is 1. The third-order valence-corrected chi connectivity index (χ3v) is 4.77. The highest BCUT2D eigenvalue weighted by Gasteiger charge is 2.13. The lowest BCUT2D eigenvalue weighted by molar-refractivity contribution is 0.324. The summed E-state index contributed by atoms with van der Waals surface area (Å²) in [6.07, 6.45) is 2.92. The Morgan fingerprint density at radius 3 is 2.39 bits per heavy atom. The smallest absolute Gasteiger partial charge is 0.203 e. The highest BCUT2D eigenvalue weighted by molar-refractivity contribution is 7.80. The van der Waals surface area contributed by atoms with Gasteiger partial charge in [0, 0.05) is 41.5 Å². The number of aromatic amines is 1. The van der Waals surface area contributed by atoms with Crippen LogP contribution < -0.4 is 24.8 Å². The Hall–Kier alpha value is -2.93. The van der Waals surface area contributed by atoms with Crippen molar-refractivity contribution in [3.8, 4) is 17.2 Å². The predicted molar refractivity (Wildman–Crippen MR) is 117 cm³/mol. The summed E-state index contributed by atoms with van der Waals surface area (Å²) in [6, 6.07) is 10.1. The summed E-state index contributed by atoms with van der Waals surface area (Å²) >= 11 is 5.42. The first-order chi connectivity index (χ1) is 13.5. The summed E-state index contributed by atoms with van der Waals surface area (Å²) < 4.78 is 16.1. The molecule has 0 saturated carbocycles. The molecule has 148 valence electrons. The van der Waals surface area contributed by atoms with Crippen LogP contribution >= 0.6 is 12.2 Å². The molecule has 0 amide bonds. The normalized spacial score (nSPS) is 10.6. The first-order valence-corrected chi connectivity index (χ1v) is 9.38. The molecule has 7 heteroatoms. The molecule has 6 nitrogen and oxygen atoms in total. The molecule has 0 aliphatic heterocycles. The summed E-state index contributed by atoms with van der Waals surface area (Å²) in [7, 11) is 4.74. The number of rotatable bonds is 7. The predicted octanol–water partition coefficient (Wildman–Crippen LogP) is 4.03. The Morgan fingerprint density at radius 1 is 1.04 bits per heavy atom. The second kappa shape index (κ2) is 8.84. The molecule has 28 heavy (non-hydrogen) atoms. The molecule has 3 aromatic rings. The van der Waals surface area contributed by atoms with Crippen LogP contribution in [0.5, 0.6) is 17.2 Å². The zero-order chi connectivity index (χ0) is 20.1. The van der Waals surface area contributed by atoms with E-state index in [9.17, 15) is 0 Å². The molecule has 0 aliphatic carbocycles. The number of anilines is 1. The summed E-state index contributed by atoms with van der Waals surface area (Å²) in [5.41, 5.74) is 4.43. The molecule has 0 bridgehead atoms. The van der Waals surface area contributed by atoms with E-state index in [1.165, 1.54) is 16.5 Å². The second-order valence-electron chi connectivity index (χ2n) is 6.41. The van der Waals surface area contributed by atoms with Gasteiger partial charge in [-0.15, -0.1) is 0 Å². The molecule has 0 spiro atoms. The van der Waals surface area contributed by atoms with Crippen LogP contribution in [0.3, 0.4) is 0 Å². The van der Waals surface area contributed by atoms with Crippen molar-refractivity contribution in [1.82, 2.24) is 10.3 Å². The van der Waals surface area contributed by atoms with Crippen LogP contribution in [0.4, 0.5) is 5.69 Å². The maximum absolute atomic E-state index is 5.42. The zero-order valence-electron chi connectivity index (χ0n) is 16.5. The Kier molecular flexibility index (Phi) is 6.26. The van der Waals surface area contributed by atoms with Crippen LogP contribution in [0.1, 0.15) is 11.1 Å². The van der Waals surface area contributed by atoms with Gasteiger partial charge >= 0.3 is 0 Å². The summed E-state index contributed by atoms with van der Waals surface area (Å²) in [5.74, 6) is 1.69. The number of benzene rings is 2. The minimum Gasteiger partial charge on any atom is -0.493 e. The van der Waals surface area contributed by atoms with Crippen molar-refractivity contribution in [1.29, 1.82) is 0 Å². The number of H-pyrrole nitrogens is 1. The van der Waals surface area contributed by atoms with E-state index in [4.69, 9.17) is 26.4 Å². The Balaban J connectivity index is 1.62. The van der Waals surface area contributed by atoms with Gasteiger partial charge in [0.2, 0.25) is 5.75 Å². The SMILES string of the molecule is COc1cc(NC(=S)NCCc2c[nH]c3ccc(C)cc23)cc(OC)c1OC. The number of aryl methyl sites for hydroxylation is 1. The molecule has 0 unspecified atom stereocenters. The number of thiocarbonyl (C=S) groups is 1. The average molecular weight is 400 g/mol. The average Bonchev–Trinajstić information content (AvgIpc) is 3.09. The van der Waals surface area contributed by atoms with Crippen LogP contribution in [0.25, 0.3) is 10.9 Å². The van der Waals surface area contributed by atoms with Crippen molar-refractivity contribution in [2.24, 2.45) is 0 Å². The van der Waals surface area contributed by atoms with Crippen molar-refractivity contribution in [3.05, 3.63) is 47.7 Å². The van der Waals surface area contributed by atoms with Crippen molar-refractivity contribution in [3.63, 3.8) is 0 Å². The van der Waals surface area contributed by atoms with Gasteiger partial charge in [-0.3, -0.25) is 0 Å². The molecular formula is C21H25N3O3S. The number of methoxy groups -OCH3 is 3. The lowest BCUT2D eigenvalue weighted by atomic mass is 10.1. The molecular weight excluding hydrogens is 374 g/mol. The maximum Gasteiger partial charge on any atom is 0.203 e. The number of hydrogen-bond acceptors (Lipinski definition) is 4. The summed E-state index contributed by atoms with van der Waals surface area (Å²) in [4.78, 5) is 3.31. The van der Waals surface area contributed by atoms with Gasteiger partial charge < -0.3 is 29.8 Å². The van der Waals surface area contributed by atoms with Crippen molar-refractivity contribution < 1.29 is 14.2 Å². The Bertz CT molecular complexity index is 959. The highest BCUT2D eigenvalue weighted by atomic mass is 32.1. The van der Waals surface area contributed by atoms with E-state index < -0.39 is 0 Å². The van der Waals surface area contributed by atoms with E-state index in [-0.39, 0.29) is 0 Å². The van der Waals surface area contributed by atoms with Crippen molar-refractivity contribution in [2.75, 3.05) is 33.2 Å².